The first-order valence-electron chi connectivity index (χ1n) is 17.9. The van der Waals surface area contributed by atoms with Crippen molar-refractivity contribution in [2.45, 2.75) is 0 Å². The van der Waals surface area contributed by atoms with Gasteiger partial charge in [-0.25, -0.2) is 24.9 Å². The van der Waals surface area contributed by atoms with Gasteiger partial charge in [0.2, 0.25) is 11.8 Å². The number of benzene rings is 7. The van der Waals surface area contributed by atoms with Crippen LogP contribution in [-0.4, -0.2) is 24.9 Å². The standard InChI is InChI=1S/C47H27N5O2S/c1-3-12-28(13-4-1)43-50-44(29-14-5-2-6-15-29)52-45(51-43)31-24-25-40-38(27-31)49-46(53-40)32-17-9-16-30(26-32)33-18-10-19-34-35-20-11-21-36(42(35)55-41(33)34)47-48-37-22-7-8-23-39(37)54-47/h1-27H. The summed E-state index contributed by atoms with van der Waals surface area (Å²) in [4.78, 5) is 24.4. The van der Waals surface area contributed by atoms with E-state index >= 15 is 0 Å². The summed E-state index contributed by atoms with van der Waals surface area (Å²) in [6.45, 7) is 0. The van der Waals surface area contributed by atoms with Gasteiger partial charge in [0.05, 0.1) is 5.56 Å². The minimum atomic E-state index is 0.543. The van der Waals surface area contributed by atoms with Crippen LogP contribution in [0, 0.1) is 0 Å². The van der Waals surface area contributed by atoms with E-state index in [1.165, 1.54) is 15.5 Å². The maximum Gasteiger partial charge on any atom is 0.228 e. The van der Waals surface area contributed by atoms with E-state index < -0.39 is 0 Å². The summed E-state index contributed by atoms with van der Waals surface area (Å²) in [5.41, 5.74) is 9.80. The Morgan fingerprint density at radius 2 is 0.891 bits per heavy atom. The molecule has 0 bridgehead atoms. The Kier molecular flexibility index (Phi) is 7.21. The molecule has 0 amide bonds. The van der Waals surface area contributed by atoms with Gasteiger partial charge in [0.1, 0.15) is 11.0 Å². The van der Waals surface area contributed by atoms with E-state index in [0.29, 0.717) is 34.8 Å². The first-order valence-corrected chi connectivity index (χ1v) is 18.7. The summed E-state index contributed by atoms with van der Waals surface area (Å²) in [6, 6.07) is 54.9. The van der Waals surface area contributed by atoms with Crippen molar-refractivity contribution in [1.29, 1.82) is 0 Å². The van der Waals surface area contributed by atoms with Crippen molar-refractivity contribution >= 4 is 53.7 Å². The fourth-order valence-electron chi connectivity index (χ4n) is 7.15. The minimum Gasteiger partial charge on any atom is -0.436 e. The van der Waals surface area contributed by atoms with Crippen molar-refractivity contribution in [1.82, 2.24) is 24.9 Å². The molecular weight excluding hydrogens is 699 g/mol. The second kappa shape index (κ2) is 12.7. The average Bonchev–Trinajstić information content (AvgIpc) is 3.99. The van der Waals surface area contributed by atoms with Crippen LogP contribution in [0.3, 0.4) is 0 Å². The molecule has 0 aliphatic carbocycles. The molecule has 0 radical (unpaired) electrons. The summed E-state index contributed by atoms with van der Waals surface area (Å²) in [5.74, 6) is 2.96. The molecule has 0 N–H and O–H groups in total. The van der Waals surface area contributed by atoms with Crippen LogP contribution < -0.4 is 0 Å². The number of nitrogens with zero attached hydrogens (tertiary/aromatic N) is 5. The number of hydrogen-bond acceptors (Lipinski definition) is 8. The number of aromatic nitrogens is 5. The predicted molar refractivity (Wildman–Crippen MR) is 220 cm³/mol. The van der Waals surface area contributed by atoms with Crippen LogP contribution in [0.5, 0.6) is 0 Å². The van der Waals surface area contributed by atoms with E-state index in [0.717, 1.165) is 60.3 Å². The van der Waals surface area contributed by atoms with Gasteiger partial charge in [0.15, 0.2) is 28.6 Å². The van der Waals surface area contributed by atoms with Crippen molar-refractivity contribution < 1.29 is 8.83 Å². The molecule has 258 valence electrons. The highest BCUT2D eigenvalue weighted by atomic mass is 32.1. The van der Waals surface area contributed by atoms with Gasteiger partial charge in [-0.1, -0.05) is 115 Å². The van der Waals surface area contributed by atoms with E-state index in [4.69, 9.17) is 33.8 Å². The monoisotopic (exact) mass is 725 g/mol. The zero-order valence-electron chi connectivity index (χ0n) is 29.0. The molecule has 7 aromatic carbocycles. The van der Waals surface area contributed by atoms with Crippen molar-refractivity contribution in [3.05, 3.63) is 164 Å². The number of thiophene rings is 1. The molecule has 8 heteroatoms. The van der Waals surface area contributed by atoms with E-state index in [1.807, 2.05) is 109 Å². The summed E-state index contributed by atoms with van der Waals surface area (Å²) >= 11 is 1.76. The van der Waals surface area contributed by atoms with E-state index in [9.17, 15) is 0 Å². The van der Waals surface area contributed by atoms with Gasteiger partial charge >= 0.3 is 0 Å². The van der Waals surface area contributed by atoms with Gasteiger partial charge in [-0.2, -0.15) is 0 Å². The first kappa shape index (κ1) is 31.3. The highest BCUT2D eigenvalue weighted by molar-refractivity contribution is 7.26. The minimum absolute atomic E-state index is 0.543. The molecule has 0 saturated heterocycles. The maximum absolute atomic E-state index is 6.37. The Morgan fingerprint density at radius 3 is 1.62 bits per heavy atom. The number of para-hydroxylation sites is 2. The molecule has 7 nitrogen and oxygen atoms in total. The molecule has 0 aliphatic rings. The Morgan fingerprint density at radius 1 is 0.345 bits per heavy atom. The summed E-state index contributed by atoms with van der Waals surface area (Å²) in [7, 11) is 0. The summed E-state index contributed by atoms with van der Waals surface area (Å²) in [5, 5.41) is 2.37. The predicted octanol–water partition coefficient (Wildman–Crippen LogP) is 12.5. The molecule has 0 atom stereocenters. The fraction of sp³-hybridized carbons (Fsp3) is 0. The second-order valence-corrected chi connectivity index (χ2v) is 14.3. The second-order valence-electron chi connectivity index (χ2n) is 13.3. The van der Waals surface area contributed by atoms with Gasteiger partial charge in [-0.05, 0) is 59.7 Å². The smallest absolute Gasteiger partial charge is 0.228 e. The molecule has 11 aromatic rings. The van der Waals surface area contributed by atoms with Gasteiger partial charge in [0.25, 0.3) is 0 Å². The number of rotatable bonds is 6. The highest BCUT2D eigenvalue weighted by Crippen LogP contribution is 2.44. The molecule has 0 saturated carbocycles. The van der Waals surface area contributed by atoms with Gasteiger partial charge in [0, 0.05) is 42.4 Å². The fourth-order valence-corrected chi connectivity index (χ4v) is 8.49. The lowest BCUT2D eigenvalue weighted by Gasteiger charge is -2.08. The average molecular weight is 726 g/mol. The highest BCUT2D eigenvalue weighted by Gasteiger charge is 2.19. The molecule has 0 fully saturated rings. The molecule has 4 heterocycles. The van der Waals surface area contributed by atoms with Crippen LogP contribution in [-0.2, 0) is 0 Å². The first-order chi connectivity index (χ1) is 27.2. The van der Waals surface area contributed by atoms with Gasteiger partial charge < -0.3 is 8.83 Å². The third-order valence-electron chi connectivity index (χ3n) is 9.81. The van der Waals surface area contributed by atoms with Crippen molar-refractivity contribution in [3.8, 4) is 68.2 Å². The number of hydrogen-bond donors (Lipinski definition) is 0. The lowest BCUT2D eigenvalue weighted by Crippen LogP contribution is -2.00. The third kappa shape index (κ3) is 5.47. The SMILES string of the molecule is c1ccc(-c2nc(-c3ccccc3)nc(-c3ccc4oc(-c5cccc(-c6cccc7c6sc6c(-c8nc9ccccc9o8)cccc67)c5)nc4c3)n2)cc1. The molecular formula is C47H27N5O2S. The lowest BCUT2D eigenvalue weighted by molar-refractivity contribution is 0.619. The van der Waals surface area contributed by atoms with Gasteiger partial charge in [-0.3, -0.25) is 0 Å². The van der Waals surface area contributed by atoms with Crippen LogP contribution >= 0.6 is 11.3 Å². The van der Waals surface area contributed by atoms with Crippen LogP contribution in [0.2, 0.25) is 0 Å². The molecule has 4 aromatic heterocycles. The summed E-state index contributed by atoms with van der Waals surface area (Å²) in [6.07, 6.45) is 0. The lowest BCUT2D eigenvalue weighted by atomic mass is 10.0. The maximum atomic E-state index is 6.37. The zero-order chi connectivity index (χ0) is 36.3. The van der Waals surface area contributed by atoms with Crippen LogP contribution in [0.1, 0.15) is 0 Å². The van der Waals surface area contributed by atoms with E-state index in [1.54, 1.807) is 11.3 Å². The van der Waals surface area contributed by atoms with E-state index in [-0.39, 0.29) is 0 Å². The van der Waals surface area contributed by atoms with Crippen molar-refractivity contribution in [2.24, 2.45) is 0 Å². The Labute approximate surface area is 318 Å². The Hall–Kier alpha value is -7.29. The molecule has 55 heavy (non-hydrogen) atoms. The van der Waals surface area contributed by atoms with Crippen molar-refractivity contribution in [3.63, 3.8) is 0 Å². The zero-order valence-corrected chi connectivity index (χ0v) is 29.9. The number of fused-ring (bicyclic) bond motifs is 5. The Balaban J connectivity index is 0.975. The van der Waals surface area contributed by atoms with E-state index in [2.05, 4.69) is 54.6 Å². The van der Waals surface area contributed by atoms with Gasteiger partial charge in [-0.15, -0.1) is 11.3 Å². The quantitative estimate of drug-likeness (QED) is 0.168. The Bertz CT molecular complexity index is 3130. The van der Waals surface area contributed by atoms with Crippen molar-refractivity contribution in [2.75, 3.05) is 0 Å². The molecule has 0 aliphatic heterocycles. The molecule has 11 rings (SSSR count). The van der Waals surface area contributed by atoms with Crippen LogP contribution in [0.15, 0.2) is 173 Å². The largest absolute Gasteiger partial charge is 0.436 e. The van der Waals surface area contributed by atoms with Crippen LogP contribution in [0.4, 0.5) is 0 Å². The molecule has 0 spiro atoms. The number of oxazole rings is 2. The summed E-state index contributed by atoms with van der Waals surface area (Å²) < 4.78 is 14.9. The third-order valence-corrected chi connectivity index (χ3v) is 11.1. The normalized spacial score (nSPS) is 11.6. The topological polar surface area (TPSA) is 90.7 Å². The molecule has 0 unspecified atom stereocenters. The van der Waals surface area contributed by atoms with Crippen LogP contribution in [0.25, 0.3) is 111 Å².